The van der Waals surface area contributed by atoms with Gasteiger partial charge in [0.15, 0.2) is 11.5 Å². The molecule has 0 aliphatic carbocycles. The summed E-state index contributed by atoms with van der Waals surface area (Å²) in [6, 6.07) is 12.6. The van der Waals surface area contributed by atoms with Gasteiger partial charge in [0.25, 0.3) is 0 Å². The number of carboxylic acids is 1. The molecule has 21 heavy (non-hydrogen) atoms. The number of rotatable bonds is 5. The Balaban J connectivity index is 1.55. The SMILES string of the molecule is O=C(O)c1ccc(NCCc2ccc3c(c2)OCO3)cc1. The maximum Gasteiger partial charge on any atom is 0.335 e. The highest BCUT2D eigenvalue weighted by Gasteiger charge is 2.12. The first-order chi connectivity index (χ1) is 10.2. The van der Waals surface area contributed by atoms with E-state index in [4.69, 9.17) is 14.6 Å². The van der Waals surface area contributed by atoms with Crippen LogP contribution in [0.4, 0.5) is 5.69 Å². The van der Waals surface area contributed by atoms with E-state index in [0.29, 0.717) is 0 Å². The summed E-state index contributed by atoms with van der Waals surface area (Å²) in [6.45, 7) is 1.04. The molecular weight excluding hydrogens is 270 g/mol. The lowest BCUT2D eigenvalue weighted by Gasteiger charge is -2.07. The quantitative estimate of drug-likeness (QED) is 0.884. The van der Waals surface area contributed by atoms with Gasteiger partial charge in [-0.05, 0) is 48.4 Å². The number of hydrogen-bond donors (Lipinski definition) is 2. The number of nitrogens with one attached hydrogen (secondary N) is 1. The Labute approximate surface area is 122 Å². The molecule has 2 aromatic carbocycles. The first-order valence-electron chi connectivity index (χ1n) is 6.68. The van der Waals surface area contributed by atoms with Gasteiger partial charge >= 0.3 is 5.97 Å². The standard InChI is InChI=1S/C16H15NO4/c18-16(19)12-2-4-13(5-3-12)17-8-7-11-1-6-14-15(9-11)21-10-20-14/h1-6,9,17H,7-8,10H2,(H,18,19). The van der Waals surface area contributed by atoms with Crippen molar-refractivity contribution in [2.45, 2.75) is 6.42 Å². The van der Waals surface area contributed by atoms with E-state index < -0.39 is 5.97 Å². The number of hydrogen-bond acceptors (Lipinski definition) is 4. The fraction of sp³-hybridized carbons (Fsp3) is 0.188. The number of anilines is 1. The molecule has 0 unspecified atom stereocenters. The minimum absolute atomic E-state index is 0.285. The van der Waals surface area contributed by atoms with Crippen molar-refractivity contribution < 1.29 is 19.4 Å². The summed E-state index contributed by atoms with van der Waals surface area (Å²) in [4.78, 5) is 10.8. The molecule has 0 fully saturated rings. The Morgan fingerprint density at radius 2 is 1.86 bits per heavy atom. The first-order valence-corrected chi connectivity index (χ1v) is 6.68. The summed E-state index contributed by atoms with van der Waals surface area (Å²) >= 11 is 0. The second kappa shape index (κ2) is 5.75. The number of carbonyl (C=O) groups is 1. The van der Waals surface area contributed by atoms with Crippen LogP contribution >= 0.6 is 0 Å². The Hall–Kier alpha value is -2.69. The maximum absolute atomic E-state index is 10.8. The number of ether oxygens (including phenoxy) is 2. The van der Waals surface area contributed by atoms with Gasteiger partial charge in [-0.3, -0.25) is 0 Å². The number of aromatic carboxylic acids is 1. The summed E-state index contributed by atoms with van der Waals surface area (Å²) in [5.74, 6) is 0.663. The minimum atomic E-state index is -0.915. The normalized spacial score (nSPS) is 12.2. The molecule has 108 valence electrons. The smallest absolute Gasteiger partial charge is 0.335 e. The molecule has 3 rings (SSSR count). The van der Waals surface area contributed by atoms with Gasteiger partial charge in [0.1, 0.15) is 0 Å². The van der Waals surface area contributed by atoms with E-state index in [1.165, 1.54) is 0 Å². The second-order valence-electron chi connectivity index (χ2n) is 4.75. The van der Waals surface area contributed by atoms with Crippen LogP contribution in [0.25, 0.3) is 0 Å². The van der Waals surface area contributed by atoms with Crippen molar-refractivity contribution in [3.8, 4) is 11.5 Å². The van der Waals surface area contributed by atoms with E-state index in [9.17, 15) is 4.79 Å². The van der Waals surface area contributed by atoms with Gasteiger partial charge in [-0.1, -0.05) is 6.07 Å². The zero-order valence-electron chi connectivity index (χ0n) is 11.3. The maximum atomic E-state index is 10.8. The fourth-order valence-electron chi connectivity index (χ4n) is 2.18. The van der Waals surface area contributed by atoms with E-state index in [-0.39, 0.29) is 12.4 Å². The molecule has 0 atom stereocenters. The zero-order valence-corrected chi connectivity index (χ0v) is 11.3. The van der Waals surface area contributed by atoms with Crippen molar-refractivity contribution >= 4 is 11.7 Å². The van der Waals surface area contributed by atoms with Crippen molar-refractivity contribution in [3.05, 3.63) is 53.6 Å². The molecule has 0 amide bonds. The third-order valence-electron chi connectivity index (χ3n) is 3.31. The summed E-state index contributed by atoms with van der Waals surface area (Å²) in [7, 11) is 0. The summed E-state index contributed by atoms with van der Waals surface area (Å²) in [6.07, 6.45) is 0.845. The Morgan fingerprint density at radius 3 is 2.62 bits per heavy atom. The van der Waals surface area contributed by atoms with Crippen LogP contribution in [0.15, 0.2) is 42.5 Å². The largest absolute Gasteiger partial charge is 0.478 e. The van der Waals surface area contributed by atoms with E-state index in [1.54, 1.807) is 24.3 Å². The molecule has 5 nitrogen and oxygen atoms in total. The van der Waals surface area contributed by atoms with Gasteiger partial charge in [0, 0.05) is 12.2 Å². The lowest BCUT2D eigenvalue weighted by molar-refractivity contribution is 0.0697. The van der Waals surface area contributed by atoms with Crippen LogP contribution in [0.5, 0.6) is 11.5 Å². The Bertz CT molecular complexity index is 652. The molecule has 5 heteroatoms. The second-order valence-corrected chi connectivity index (χ2v) is 4.75. The highest BCUT2D eigenvalue weighted by Crippen LogP contribution is 2.32. The van der Waals surface area contributed by atoms with Gasteiger partial charge in [0.05, 0.1) is 5.56 Å². The zero-order chi connectivity index (χ0) is 14.7. The molecule has 0 aromatic heterocycles. The van der Waals surface area contributed by atoms with Crippen molar-refractivity contribution in [2.24, 2.45) is 0 Å². The summed E-state index contributed by atoms with van der Waals surface area (Å²) in [5, 5.41) is 12.1. The minimum Gasteiger partial charge on any atom is -0.478 e. The van der Waals surface area contributed by atoms with Gasteiger partial charge < -0.3 is 19.9 Å². The molecule has 1 aliphatic rings. The van der Waals surface area contributed by atoms with Gasteiger partial charge in [-0.25, -0.2) is 4.79 Å². The van der Waals surface area contributed by atoms with Crippen LogP contribution in [-0.2, 0) is 6.42 Å². The topological polar surface area (TPSA) is 67.8 Å². The van der Waals surface area contributed by atoms with Crippen LogP contribution in [0.2, 0.25) is 0 Å². The van der Waals surface area contributed by atoms with Crippen LogP contribution in [0.1, 0.15) is 15.9 Å². The summed E-state index contributed by atoms with van der Waals surface area (Å²) < 4.78 is 10.6. The van der Waals surface area contributed by atoms with E-state index in [2.05, 4.69) is 5.32 Å². The van der Waals surface area contributed by atoms with Gasteiger partial charge in [0.2, 0.25) is 6.79 Å². The molecule has 2 N–H and O–H groups in total. The summed E-state index contributed by atoms with van der Waals surface area (Å²) in [5.41, 5.74) is 2.35. The van der Waals surface area contributed by atoms with E-state index in [1.807, 2.05) is 18.2 Å². The van der Waals surface area contributed by atoms with Crippen molar-refractivity contribution in [2.75, 3.05) is 18.7 Å². The fourth-order valence-corrected chi connectivity index (χ4v) is 2.18. The van der Waals surface area contributed by atoms with Crippen LogP contribution < -0.4 is 14.8 Å². The van der Waals surface area contributed by atoms with Crippen LogP contribution in [-0.4, -0.2) is 24.4 Å². The monoisotopic (exact) mass is 285 g/mol. The lowest BCUT2D eigenvalue weighted by atomic mass is 10.1. The lowest BCUT2D eigenvalue weighted by Crippen LogP contribution is -2.05. The van der Waals surface area contributed by atoms with Gasteiger partial charge in [-0.15, -0.1) is 0 Å². The van der Waals surface area contributed by atoms with Crippen LogP contribution in [0, 0.1) is 0 Å². The van der Waals surface area contributed by atoms with Crippen LogP contribution in [0.3, 0.4) is 0 Å². The van der Waals surface area contributed by atoms with Crippen molar-refractivity contribution in [1.82, 2.24) is 0 Å². The molecule has 0 radical (unpaired) electrons. The molecule has 0 saturated heterocycles. The van der Waals surface area contributed by atoms with E-state index >= 15 is 0 Å². The Morgan fingerprint density at radius 1 is 1.10 bits per heavy atom. The first kappa shape index (κ1) is 13.3. The molecule has 0 bridgehead atoms. The van der Waals surface area contributed by atoms with Crippen molar-refractivity contribution in [1.29, 1.82) is 0 Å². The molecule has 1 heterocycles. The predicted octanol–water partition coefficient (Wildman–Crippen LogP) is 2.77. The molecular formula is C16H15NO4. The van der Waals surface area contributed by atoms with Crippen molar-refractivity contribution in [3.63, 3.8) is 0 Å². The number of benzene rings is 2. The van der Waals surface area contributed by atoms with Gasteiger partial charge in [-0.2, -0.15) is 0 Å². The predicted molar refractivity (Wildman–Crippen MR) is 78.2 cm³/mol. The molecule has 1 aliphatic heterocycles. The molecule has 0 spiro atoms. The third kappa shape index (κ3) is 3.08. The third-order valence-corrected chi connectivity index (χ3v) is 3.31. The average Bonchev–Trinajstić information content (AvgIpc) is 2.95. The highest BCUT2D eigenvalue weighted by molar-refractivity contribution is 5.87. The number of carboxylic acid groups (broad SMARTS) is 1. The molecule has 0 saturated carbocycles. The van der Waals surface area contributed by atoms with E-state index in [0.717, 1.165) is 35.7 Å². The number of fused-ring (bicyclic) bond motifs is 1. The highest BCUT2D eigenvalue weighted by atomic mass is 16.7. The average molecular weight is 285 g/mol. The molecule has 2 aromatic rings. The Kier molecular flexibility index (Phi) is 3.64.